The Balaban J connectivity index is 2.27. The van der Waals surface area contributed by atoms with Gasteiger partial charge in [-0.2, -0.15) is 0 Å². The molecule has 0 aromatic heterocycles. The fourth-order valence-corrected chi connectivity index (χ4v) is 1.76. The van der Waals surface area contributed by atoms with Crippen LogP contribution in [-0.4, -0.2) is 39.0 Å². The molecule has 0 N–H and O–H groups in total. The number of rotatable bonds is 7. The smallest absolute Gasteiger partial charge is 0.334 e. The topological polar surface area (TPSA) is 44.8 Å². The van der Waals surface area contributed by atoms with E-state index in [1.165, 1.54) is 7.11 Å². The van der Waals surface area contributed by atoms with Crippen molar-refractivity contribution in [2.45, 2.75) is 38.7 Å². The zero-order valence-electron chi connectivity index (χ0n) is 10.2. The number of ether oxygens (including phenoxy) is 3. The van der Waals surface area contributed by atoms with Crippen molar-refractivity contribution in [2.75, 3.05) is 26.9 Å². The summed E-state index contributed by atoms with van der Waals surface area (Å²) in [6, 6.07) is 0. The second kappa shape index (κ2) is 7.63. The van der Waals surface area contributed by atoms with E-state index in [1.54, 1.807) is 0 Å². The number of hydrogen-bond donors (Lipinski definition) is 0. The van der Waals surface area contributed by atoms with Crippen molar-refractivity contribution in [1.29, 1.82) is 0 Å². The summed E-state index contributed by atoms with van der Waals surface area (Å²) in [7, 11) is 1.41. The third-order valence-corrected chi connectivity index (χ3v) is 2.84. The SMILES string of the molecule is CCCCC(OCC1CCOC1)C(=O)OC. The first-order valence-corrected chi connectivity index (χ1v) is 6.05. The van der Waals surface area contributed by atoms with E-state index >= 15 is 0 Å². The van der Waals surface area contributed by atoms with Crippen molar-refractivity contribution < 1.29 is 19.0 Å². The van der Waals surface area contributed by atoms with E-state index in [0.29, 0.717) is 12.5 Å². The average Bonchev–Trinajstić information content (AvgIpc) is 2.81. The molecule has 0 saturated carbocycles. The van der Waals surface area contributed by atoms with Gasteiger partial charge in [0.1, 0.15) is 0 Å². The van der Waals surface area contributed by atoms with Crippen LogP contribution in [0.2, 0.25) is 0 Å². The molecule has 1 rings (SSSR count). The molecular weight excluding hydrogens is 208 g/mol. The highest BCUT2D eigenvalue weighted by atomic mass is 16.6. The Labute approximate surface area is 97.2 Å². The second-order valence-corrected chi connectivity index (χ2v) is 4.22. The number of hydrogen-bond acceptors (Lipinski definition) is 4. The Morgan fingerprint density at radius 2 is 2.38 bits per heavy atom. The minimum atomic E-state index is -0.398. The van der Waals surface area contributed by atoms with Gasteiger partial charge in [-0.25, -0.2) is 4.79 Å². The van der Waals surface area contributed by atoms with Gasteiger partial charge in [-0.05, 0) is 12.8 Å². The van der Waals surface area contributed by atoms with Crippen molar-refractivity contribution in [3.63, 3.8) is 0 Å². The lowest BCUT2D eigenvalue weighted by Crippen LogP contribution is -2.28. The molecule has 4 nitrogen and oxygen atoms in total. The van der Waals surface area contributed by atoms with Crippen molar-refractivity contribution >= 4 is 5.97 Å². The van der Waals surface area contributed by atoms with E-state index in [1.807, 2.05) is 0 Å². The highest BCUT2D eigenvalue weighted by Crippen LogP contribution is 2.15. The minimum absolute atomic E-state index is 0.257. The van der Waals surface area contributed by atoms with Gasteiger partial charge in [-0.15, -0.1) is 0 Å². The molecule has 0 spiro atoms. The summed E-state index contributed by atoms with van der Waals surface area (Å²) in [6.07, 6.45) is 3.42. The predicted molar refractivity (Wildman–Crippen MR) is 60.2 cm³/mol. The van der Waals surface area contributed by atoms with E-state index in [2.05, 4.69) is 6.92 Å². The van der Waals surface area contributed by atoms with Gasteiger partial charge < -0.3 is 14.2 Å². The van der Waals surface area contributed by atoms with Gasteiger partial charge in [0.2, 0.25) is 0 Å². The van der Waals surface area contributed by atoms with Crippen LogP contribution < -0.4 is 0 Å². The average molecular weight is 230 g/mol. The summed E-state index contributed by atoms with van der Waals surface area (Å²) < 4.78 is 15.6. The quantitative estimate of drug-likeness (QED) is 0.625. The fraction of sp³-hybridized carbons (Fsp3) is 0.917. The van der Waals surface area contributed by atoms with E-state index in [9.17, 15) is 4.79 Å². The summed E-state index contributed by atoms with van der Waals surface area (Å²) >= 11 is 0. The Morgan fingerprint density at radius 1 is 1.56 bits per heavy atom. The van der Waals surface area contributed by atoms with Crippen LogP contribution in [0.25, 0.3) is 0 Å². The molecule has 0 aromatic carbocycles. The van der Waals surface area contributed by atoms with Crippen LogP contribution in [0.15, 0.2) is 0 Å². The van der Waals surface area contributed by atoms with Crippen molar-refractivity contribution in [3.8, 4) is 0 Å². The summed E-state index contributed by atoms with van der Waals surface area (Å²) in [5.41, 5.74) is 0. The second-order valence-electron chi connectivity index (χ2n) is 4.22. The third kappa shape index (κ3) is 4.49. The van der Waals surface area contributed by atoms with Gasteiger partial charge in [0.05, 0.1) is 20.3 Å². The molecule has 0 aliphatic carbocycles. The standard InChI is InChI=1S/C12H22O4/c1-3-4-5-11(12(13)14-2)16-9-10-6-7-15-8-10/h10-11H,3-9H2,1-2H3. The van der Waals surface area contributed by atoms with Crippen LogP contribution in [0.3, 0.4) is 0 Å². The number of carbonyl (C=O) groups excluding carboxylic acids is 1. The third-order valence-electron chi connectivity index (χ3n) is 2.84. The Kier molecular flexibility index (Phi) is 6.42. The molecule has 94 valence electrons. The van der Waals surface area contributed by atoms with E-state index in [0.717, 1.165) is 38.9 Å². The molecule has 1 fully saturated rings. The Morgan fingerprint density at radius 3 is 2.94 bits per heavy atom. The largest absolute Gasteiger partial charge is 0.467 e. The van der Waals surface area contributed by atoms with Gasteiger partial charge in [0.15, 0.2) is 6.10 Å². The van der Waals surface area contributed by atoms with Gasteiger partial charge >= 0.3 is 5.97 Å². The van der Waals surface area contributed by atoms with Crippen LogP contribution in [0.1, 0.15) is 32.6 Å². The van der Waals surface area contributed by atoms with Crippen molar-refractivity contribution in [3.05, 3.63) is 0 Å². The summed E-state index contributed by atoms with van der Waals surface area (Å²) in [5, 5.41) is 0. The van der Waals surface area contributed by atoms with Gasteiger partial charge in [-0.1, -0.05) is 19.8 Å². The van der Waals surface area contributed by atoms with Gasteiger partial charge in [-0.3, -0.25) is 0 Å². The number of carbonyl (C=O) groups is 1. The molecule has 16 heavy (non-hydrogen) atoms. The predicted octanol–water partition coefficient (Wildman–Crippen LogP) is 1.77. The lowest BCUT2D eigenvalue weighted by molar-refractivity contribution is -0.155. The number of esters is 1. The Hall–Kier alpha value is -0.610. The fourth-order valence-electron chi connectivity index (χ4n) is 1.76. The number of methoxy groups -OCH3 is 1. The van der Waals surface area contributed by atoms with Crippen LogP contribution >= 0.6 is 0 Å². The highest BCUT2D eigenvalue weighted by molar-refractivity contribution is 5.74. The molecule has 1 aliphatic rings. The summed E-state index contributed by atoms with van der Waals surface area (Å²) in [5.74, 6) is 0.182. The van der Waals surface area contributed by atoms with Crippen LogP contribution in [-0.2, 0) is 19.0 Å². The molecule has 1 heterocycles. The van der Waals surface area contributed by atoms with E-state index < -0.39 is 6.10 Å². The maximum atomic E-state index is 11.4. The molecule has 4 heteroatoms. The zero-order chi connectivity index (χ0) is 11.8. The molecular formula is C12H22O4. The van der Waals surface area contributed by atoms with Gasteiger partial charge in [0.25, 0.3) is 0 Å². The maximum absolute atomic E-state index is 11.4. The van der Waals surface area contributed by atoms with Crippen molar-refractivity contribution in [2.24, 2.45) is 5.92 Å². The molecule has 0 aromatic rings. The normalized spacial score (nSPS) is 22.0. The molecule has 0 bridgehead atoms. The lowest BCUT2D eigenvalue weighted by atomic mass is 10.1. The van der Waals surface area contributed by atoms with Gasteiger partial charge in [0, 0.05) is 12.5 Å². The minimum Gasteiger partial charge on any atom is -0.467 e. The molecule has 2 unspecified atom stereocenters. The highest BCUT2D eigenvalue weighted by Gasteiger charge is 2.22. The van der Waals surface area contributed by atoms with Crippen LogP contribution in [0.5, 0.6) is 0 Å². The molecule has 0 amide bonds. The number of unbranched alkanes of at least 4 members (excludes halogenated alkanes) is 1. The first kappa shape index (κ1) is 13.5. The first-order chi connectivity index (χ1) is 7.77. The van der Waals surface area contributed by atoms with Crippen LogP contribution in [0, 0.1) is 5.92 Å². The van der Waals surface area contributed by atoms with E-state index in [4.69, 9.17) is 14.2 Å². The lowest BCUT2D eigenvalue weighted by Gasteiger charge is -2.17. The van der Waals surface area contributed by atoms with E-state index in [-0.39, 0.29) is 5.97 Å². The molecule has 2 atom stereocenters. The first-order valence-electron chi connectivity index (χ1n) is 6.05. The summed E-state index contributed by atoms with van der Waals surface area (Å²) in [6.45, 7) is 4.26. The Bertz CT molecular complexity index is 199. The summed E-state index contributed by atoms with van der Waals surface area (Å²) in [4.78, 5) is 11.4. The zero-order valence-corrected chi connectivity index (χ0v) is 10.2. The molecule has 1 saturated heterocycles. The molecule has 1 aliphatic heterocycles. The monoisotopic (exact) mass is 230 g/mol. The van der Waals surface area contributed by atoms with Crippen molar-refractivity contribution in [1.82, 2.24) is 0 Å². The van der Waals surface area contributed by atoms with Crippen LogP contribution in [0.4, 0.5) is 0 Å². The maximum Gasteiger partial charge on any atom is 0.334 e. The molecule has 0 radical (unpaired) electrons.